The number of methoxy groups -OCH3 is 2. The van der Waals surface area contributed by atoms with Crippen LogP contribution >= 0.6 is 11.6 Å². The molecule has 4 heteroatoms. The van der Waals surface area contributed by atoms with Gasteiger partial charge in [-0.15, -0.1) is 0 Å². The van der Waals surface area contributed by atoms with Crippen molar-refractivity contribution in [1.29, 1.82) is 0 Å². The molecule has 1 aromatic heterocycles. The molecule has 0 atom stereocenters. The zero-order chi connectivity index (χ0) is 11.5. The van der Waals surface area contributed by atoms with E-state index in [0.29, 0.717) is 5.15 Å². The number of aromatic nitrogens is 1. The highest BCUT2D eigenvalue weighted by atomic mass is 35.5. The molecule has 1 aromatic carbocycles. The van der Waals surface area contributed by atoms with Gasteiger partial charge in [0.25, 0.3) is 0 Å². The van der Waals surface area contributed by atoms with Gasteiger partial charge in [0.15, 0.2) is 6.29 Å². The maximum atomic E-state index is 6.08. The van der Waals surface area contributed by atoms with Crippen LogP contribution in [0.5, 0.6) is 0 Å². The predicted octanol–water partition coefficient (Wildman–Crippen LogP) is 3.18. The Hall–Kier alpha value is -1.16. The lowest BCUT2D eigenvalue weighted by atomic mass is 10.1. The highest BCUT2D eigenvalue weighted by Gasteiger charge is 2.14. The number of hydrogen-bond donors (Lipinski definition) is 0. The molecule has 0 aliphatic heterocycles. The van der Waals surface area contributed by atoms with Gasteiger partial charge in [0.2, 0.25) is 0 Å². The molecule has 3 nitrogen and oxygen atoms in total. The second kappa shape index (κ2) is 4.78. The third-order valence-corrected chi connectivity index (χ3v) is 2.69. The molecular weight excluding hydrogens is 226 g/mol. The van der Waals surface area contributed by atoms with Crippen molar-refractivity contribution in [1.82, 2.24) is 4.98 Å². The molecule has 0 radical (unpaired) electrons. The summed E-state index contributed by atoms with van der Waals surface area (Å²) in [5.41, 5.74) is 1.60. The minimum atomic E-state index is -0.482. The van der Waals surface area contributed by atoms with E-state index in [1.54, 1.807) is 14.2 Å². The standard InChI is InChI=1S/C12H12ClNO2/c1-15-12(16-2)9-7-8-5-3-4-6-10(8)14-11(9)13/h3-7,12H,1-2H3. The number of pyridine rings is 1. The van der Waals surface area contributed by atoms with Gasteiger partial charge in [0.1, 0.15) is 5.15 Å². The number of halogens is 1. The van der Waals surface area contributed by atoms with Gasteiger partial charge in [-0.25, -0.2) is 4.98 Å². The van der Waals surface area contributed by atoms with Crippen LogP contribution in [-0.2, 0) is 9.47 Å². The first kappa shape index (κ1) is 11.3. The highest BCUT2D eigenvalue weighted by molar-refractivity contribution is 6.30. The van der Waals surface area contributed by atoms with E-state index in [1.807, 2.05) is 30.3 Å². The molecule has 0 fully saturated rings. The largest absolute Gasteiger partial charge is 0.352 e. The van der Waals surface area contributed by atoms with Crippen LogP contribution in [0.25, 0.3) is 10.9 Å². The van der Waals surface area contributed by atoms with Crippen molar-refractivity contribution >= 4 is 22.5 Å². The van der Waals surface area contributed by atoms with E-state index in [-0.39, 0.29) is 0 Å². The first-order chi connectivity index (χ1) is 7.76. The summed E-state index contributed by atoms with van der Waals surface area (Å²) in [7, 11) is 3.14. The molecule has 16 heavy (non-hydrogen) atoms. The Bertz CT molecular complexity index is 497. The Labute approximate surface area is 99.0 Å². The minimum Gasteiger partial charge on any atom is -0.352 e. The fraction of sp³-hybridized carbons (Fsp3) is 0.250. The summed E-state index contributed by atoms with van der Waals surface area (Å²) in [5.74, 6) is 0. The molecule has 0 N–H and O–H groups in total. The quantitative estimate of drug-likeness (QED) is 0.607. The third kappa shape index (κ3) is 2.02. The van der Waals surface area contributed by atoms with Crippen molar-refractivity contribution in [3.05, 3.63) is 41.0 Å². The van der Waals surface area contributed by atoms with E-state index < -0.39 is 6.29 Å². The molecule has 0 spiro atoms. The van der Waals surface area contributed by atoms with Crippen molar-refractivity contribution in [2.45, 2.75) is 6.29 Å². The summed E-state index contributed by atoms with van der Waals surface area (Å²) >= 11 is 6.08. The zero-order valence-corrected chi connectivity index (χ0v) is 9.86. The summed E-state index contributed by atoms with van der Waals surface area (Å²) < 4.78 is 10.3. The van der Waals surface area contributed by atoms with E-state index in [0.717, 1.165) is 16.5 Å². The van der Waals surface area contributed by atoms with Crippen LogP contribution in [0.2, 0.25) is 5.15 Å². The molecule has 2 aromatic rings. The fourth-order valence-corrected chi connectivity index (χ4v) is 1.86. The van der Waals surface area contributed by atoms with Crippen molar-refractivity contribution in [2.24, 2.45) is 0 Å². The summed E-state index contributed by atoms with van der Waals surface area (Å²) in [6.45, 7) is 0. The Morgan fingerprint density at radius 1 is 1.19 bits per heavy atom. The summed E-state index contributed by atoms with van der Waals surface area (Å²) in [5, 5.41) is 1.42. The molecule has 0 bridgehead atoms. The number of ether oxygens (including phenoxy) is 2. The number of hydrogen-bond acceptors (Lipinski definition) is 3. The molecule has 0 unspecified atom stereocenters. The van der Waals surface area contributed by atoms with E-state index in [9.17, 15) is 0 Å². The molecule has 84 valence electrons. The van der Waals surface area contributed by atoms with Crippen LogP contribution in [0.15, 0.2) is 30.3 Å². The highest BCUT2D eigenvalue weighted by Crippen LogP contribution is 2.27. The molecule has 0 amide bonds. The number of benzene rings is 1. The monoisotopic (exact) mass is 237 g/mol. The first-order valence-electron chi connectivity index (χ1n) is 4.87. The Kier molecular flexibility index (Phi) is 3.39. The second-order valence-corrected chi connectivity index (χ2v) is 3.72. The molecule has 2 rings (SSSR count). The second-order valence-electron chi connectivity index (χ2n) is 3.36. The van der Waals surface area contributed by atoms with Gasteiger partial charge < -0.3 is 9.47 Å². The van der Waals surface area contributed by atoms with Crippen LogP contribution in [0.4, 0.5) is 0 Å². The van der Waals surface area contributed by atoms with Gasteiger partial charge in [0.05, 0.1) is 5.52 Å². The SMILES string of the molecule is COC(OC)c1cc2ccccc2nc1Cl. The number of para-hydroxylation sites is 1. The predicted molar refractivity (Wildman–Crippen MR) is 63.5 cm³/mol. The average molecular weight is 238 g/mol. The van der Waals surface area contributed by atoms with Crippen molar-refractivity contribution in [3.63, 3.8) is 0 Å². The Morgan fingerprint density at radius 2 is 1.88 bits per heavy atom. The van der Waals surface area contributed by atoms with Gasteiger partial charge in [-0.1, -0.05) is 29.8 Å². The van der Waals surface area contributed by atoms with Gasteiger partial charge in [-0.3, -0.25) is 0 Å². The van der Waals surface area contributed by atoms with Gasteiger partial charge >= 0.3 is 0 Å². The van der Waals surface area contributed by atoms with Crippen molar-refractivity contribution in [2.75, 3.05) is 14.2 Å². The maximum absolute atomic E-state index is 6.08. The fourth-order valence-electron chi connectivity index (χ4n) is 1.62. The lowest BCUT2D eigenvalue weighted by molar-refractivity contribution is -0.106. The molecule has 0 aliphatic carbocycles. The number of rotatable bonds is 3. The zero-order valence-electron chi connectivity index (χ0n) is 9.11. The number of fused-ring (bicyclic) bond motifs is 1. The van der Waals surface area contributed by atoms with Crippen LogP contribution in [0, 0.1) is 0 Å². The molecule has 0 aliphatic rings. The third-order valence-electron chi connectivity index (χ3n) is 2.39. The first-order valence-corrected chi connectivity index (χ1v) is 5.25. The molecular formula is C12H12ClNO2. The van der Waals surface area contributed by atoms with Crippen LogP contribution in [0.1, 0.15) is 11.9 Å². The average Bonchev–Trinajstić information content (AvgIpc) is 2.31. The lowest BCUT2D eigenvalue weighted by Gasteiger charge is -2.15. The lowest BCUT2D eigenvalue weighted by Crippen LogP contribution is -2.05. The molecule has 0 saturated carbocycles. The van der Waals surface area contributed by atoms with Crippen LogP contribution < -0.4 is 0 Å². The molecule has 0 saturated heterocycles. The topological polar surface area (TPSA) is 31.4 Å². The van der Waals surface area contributed by atoms with Gasteiger partial charge in [0, 0.05) is 25.2 Å². The normalized spacial score (nSPS) is 11.2. The van der Waals surface area contributed by atoms with E-state index in [4.69, 9.17) is 21.1 Å². The molecule has 1 heterocycles. The van der Waals surface area contributed by atoms with E-state index >= 15 is 0 Å². The maximum Gasteiger partial charge on any atom is 0.186 e. The smallest absolute Gasteiger partial charge is 0.186 e. The Balaban J connectivity index is 2.57. The van der Waals surface area contributed by atoms with Crippen LogP contribution in [-0.4, -0.2) is 19.2 Å². The summed E-state index contributed by atoms with van der Waals surface area (Å²) in [4.78, 5) is 4.30. The number of nitrogens with zero attached hydrogens (tertiary/aromatic N) is 1. The van der Waals surface area contributed by atoms with E-state index in [2.05, 4.69) is 4.98 Å². The minimum absolute atomic E-state index is 0.410. The Morgan fingerprint density at radius 3 is 2.56 bits per heavy atom. The van der Waals surface area contributed by atoms with E-state index in [1.165, 1.54) is 0 Å². The van der Waals surface area contributed by atoms with Gasteiger partial charge in [-0.05, 0) is 12.1 Å². The summed E-state index contributed by atoms with van der Waals surface area (Å²) in [6.07, 6.45) is -0.482. The van der Waals surface area contributed by atoms with Gasteiger partial charge in [-0.2, -0.15) is 0 Å². The summed E-state index contributed by atoms with van der Waals surface area (Å²) in [6, 6.07) is 9.71. The van der Waals surface area contributed by atoms with Crippen molar-refractivity contribution in [3.8, 4) is 0 Å². The van der Waals surface area contributed by atoms with Crippen molar-refractivity contribution < 1.29 is 9.47 Å². The van der Waals surface area contributed by atoms with Crippen LogP contribution in [0.3, 0.4) is 0 Å².